The number of benzene rings is 1. The summed E-state index contributed by atoms with van der Waals surface area (Å²) in [6, 6.07) is 4.33. The van der Waals surface area contributed by atoms with Crippen LogP contribution in [-0.4, -0.2) is 80.3 Å². The molecule has 4 aliphatic rings. The predicted molar refractivity (Wildman–Crippen MR) is 148 cm³/mol. The smallest absolute Gasteiger partial charge is 0.311 e. The van der Waals surface area contributed by atoms with Crippen LogP contribution in [-0.2, 0) is 31.3 Å². The highest BCUT2D eigenvalue weighted by atomic mass is 16.7. The molecule has 1 aromatic carbocycles. The van der Waals surface area contributed by atoms with E-state index in [-0.39, 0.29) is 17.2 Å². The van der Waals surface area contributed by atoms with Crippen LogP contribution in [0, 0.1) is 5.41 Å². The molecule has 0 N–H and O–H groups in total. The summed E-state index contributed by atoms with van der Waals surface area (Å²) in [4.78, 5) is 23.1. The number of nitrogens with zero attached hydrogens (tertiary/aromatic N) is 3. The van der Waals surface area contributed by atoms with Crippen LogP contribution in [0.4, 0.5) is 0 Å². The first-order chi connectivity index (χ1) is 18.8. The highest BCUT2D eigenvalue weighted by Gasteiger charge is 2.51. The molecule has 1 aliphatic carbocycles. The molecule has 0 bridgehead atoms. The zero-order chi connectivity index (χ0) is 27.7. The molecule has 0 unspecified atom stereocenters. The minimum atomic E-state index is -0.407. The van der Waals surface area contributed by atoms with Crippen LogP contribution < -0.4 is 9.47 Å². The van der Waals surface area contributed by atoms with Gasteiger partial charge in [-0.3, -0.25) is 9.69 Å². The molecule has 0 radical (unpaired) electrons. The quantitative estimate of drug-likeness (QED) is 0.400. The third-order valence-corrected chi connectivity index (χ3v) is 8.99. The first kappa shape index (κ1) is 28.0. The Kier molecular flexibility index (Phi) is 8.02. The lowest BCUT2D eigenvalue weighted by Gasteiger charge is -2.46. The lowest BCUT2D eigenvalue weighted by atomic mass is 9.73. The first-order valence-electron chi connectivity index (χ1n) is 14.7. The highest BCUT2D eigenvalue weighted by molar-refractivity contribution is 5.85. The molecule has 1 saturated carbocycles. The average Bonchev–Trinajstić information content (AvgIpc) is 3.31. The number of rotatable bonds is 10. The summed E-state index contributed by atoms with van der Waals surface area (Å²) < 4.78 is 23.6. The Morgan fingerprint density at radius 1 is 1.00 bits per heavy atom. The first-order valence-corrected chi connectivity index (χ1v) is 14.7. The fourth-order valence-electron chi connectivity index (χ4n) is 6.53. The van der Waals surface area contributed by atoms with Gasteiger partial charge >= 0.3 is 5.97 Å². The van der Waals surface area contributed by atoms with E-state index in [9.17, 15) is 4.79 Å². The van der Waals surface area contributed by atoms with Gasteiger partial charge in [-0.25, -0.2) is 0 Å². The zero-order valence-corrected chi connectivity index (χ0v) is 24.3. The standard InChI is InChI=1S/C30H45N3O6/c1-6-36-23-16-22(17-24(37-7-2)26(23)30(35-5)10-9-11-30)19-32-20-29(21-32)18-25(31-39-29)33-14-12-28(4,13-15-33)27(34)38-8-3/h16-17H,6-15,18-21H2,1-5H3. The second kappa shape index (κ2) is 11.2. The summed E-state index contributed by atoms with van der Waals surface area (Å²) >= 11 is 0. The van der Waals surface area contributed by atoms with Gasteiger partial charge in [-0.05, 0) is 77.5 Å². The molecule has 0 atom stereocenters. The van der Waals surface area contributed by atoms with Gasteiger partial charge in [-0.1, -0.05) is 5.16 Å². The van der Waals surface area contributed by atoms with Crippen molar-refractivity contribution in [3.63, 3.8) is 0 Å². The number of carbonyl (C=O) groups is 1. The van der Waals surface area contributed by atoms with Crippen molar-refractivity contribution < 1.29 is 28.6 Å². The number of carbonyl (C=O) groups excluding carboxylic acids is 1. The molecule has 9 heteroatoms. The van der Waals surface area contributed by atoms with E-state index in [0.29, 0.717) is 19.8 Å². The normalized spacial score (nSPS) is 22.9. The van der Waals surface area contributed by atoms with Crippen LogP contribution in [0.3, 0.4) is 0 Å². The number of hydrogen-bond acceptors (Lipinski definition) is 9. The van der Waals surface area contributed by atoms with Gasteiger partial charge < -0.3 is 28.7 Å². The van der Waals surface area contributed by atoms with Crippen LogP contribution in [0.25, 0.3) is 0 Å². The van der Waals surface area contributed by atoms with Crippen molar-refractivity contribution in [3.05, 3.63) is 23.3 Å². The molecule has 1 aromatic rings. The minimum absolute atomic E-state index is 0.0848. The third-order valence-electron chi connectivity index (χ3n) is 8.99. The maximum Gasteiger partial charge on any atom is 0.311 e. The van der Waals surface area contributed by atoms with Gasteiger partial charge in [0.2, 0.25) is 0 Å². The Bertz CT molecular complexity index is 1040. The van der Waals surface area contributed by atoms with Crippen molar-refractivity contribution in [2.75, 3.05) is 53.1 Å². The number of hydrogen-bond donors (Lipinski definition) is 0. The van der Waals surface area contributed by atoms with E-state index in [1.165, 1.54) is 5.56 Å². The van der Waals surface area contributed by atoms with Crippen molar-refractivity contribution in [3.8, 4) is 11.5 Å². The molecule has 9 nitrogen and oxygen atoms in total. The van der Waals surface area contributed by atoms with Gasteiger partial charge in [0.05, 0.1) is 42.8 Å². The van der Waals surface area contributed by atoms with E-state index >= 15 is 0 Å². The lowest BCUT2D eigenvalue weighted by molar-refractivity contribution is -0.156. The summed E-state index contributed by atoms with van der Waals surface area (Å²) in [5, 5.41) is 4.49. The van der Waals surface area contributed by atoms with Crippen LogP contribution in [0.1, 0.15) is 77.3 Å². The van der Waals surface area contributed by atoms with Crippen LogP contribution in [0.2, 0.25) is 0 Å². The zero-order valence-electron chi connectivity index (χ0n) is 24.3. The van der Waals surface area contributed by atoms with Gasteiger partial charge in [0.15, 0.2) is 5.60 Å². The summed E-state index contributed by atoms with van der Waals surface area (Å²) in [5.74, 6) is 2.67. The Balaban J connectivity index is 1.20. The predicted octanol–water partition coefficient (Wildman–Crippen LogP) is 4.46. The molecule has 216 valence electrons. The van der Waals surface area contributed by atoms with Crippen molar-refractivity contribution in [2.24, 2.45) is 10.6 Å². The van der Waals surface area contributed by atoms with Crippen molar-refractivity contribution >= 4 is 11.8 Å². The van der Waals surface area contributed by atoms with E-state index in [0.717, 1.165) is 94.1 Å². The van der Waals surface area contributed by atoms with E-state index in [2.05, 4.69) is 27.1 Å². The van der Waals surface area contributed by atoms with E-state index in [1.54, 1.807) is 7.11 Å². The van der Waals surface area contributed by atoms with E-state index < -0.39 is 5.41 Å². The fourth-order valence-corrected chi connectivity index (χ4v) is 6.53. The summed E-state index contributed by atoms with van der Waals surface area (Å²) in [5.41, 5.74) is 1.24. The summed E-state index contributed by atoms with van der Waals surface area (Å²) in [6.45, 7) is 13.6. The number of esters is 1. The fraction of sp³-hybridized carbons (Fsp3) is 0.733. The van der Waals surface area contributed by atoms with Crippen molar-refractivity contribution in [2.45, 2.75) is 84.0 Å². The molecule has 0 amide bonds. The van der Waals surface area contributed by atoms with Gasteiger partial charge in [-0.15, -0.1) is 0 Å². The topological polar surface area (TPSA) is 82.1 Å². The largest absolute Gasteiger partial charge is 0.493 e. The van der Waals surface area contributed by atoms with Crippen molar-refractivity contribution in [1.82, 2.24) is 9.80 Å². The monoisotopic (exact) mass is 543 g/mol. The molecule has 2 saturated heterocycles. The molecule has 0 aromatic heterocycles. The lowest BCUT2D eigenvalue weighted by Crippen LogP contribution is -2.61. The molecule has 3 heterocycles. The second-order valence-electron chi connectivity index (χ2n) is 11.8. The van der Waals surface area contributed by atoms with Gasteiger partial charge in [0, 0.05) is 39.8 Å². The Labute approximate surface area is 232 Å². The maximum atomic E-state index is 12.4. The average molecular weight is 544 g/mol. The second-order valence-corrected chi connectivity index (χ2v) is 11.8. The van der Waals surface area contributed by atoms with Crippen LogP contribution in [0.15, 0.2) is 17.3 Å². The molecule has 5 rings (SSSR count). The molecule has 39 heavy (non-hydrogen) atoms. The SMILES string of the molecule is CCOC(=O)C1(C)CCN(C2=NOC3(C2)CN(Cc2cc(OCC)c(C4(OC)CCC4)c(OCC)c2)C3)CC1. The maximum absolute atomic E-state index is 12.4. The number of likely N-dealkylation sites (tertiary alicyclic amines) is 2. The Morgan fingerprint density at radius 2 is 1.64 bits per heavy atom. The van der Waals surface area contributed by atoms with Crippen molar-refractivity contribution in [1.29, 1.82) is 0 Å². The molecular weight excluding hydrogens is 498 g/mol. The van der Waals surface area contributed by atoms with Gasteiger partial charge in [0.25, 0.3) is 0 Å². The molecule has 3 aliphatic heterocycles. The third kappa shape index (κ3) is 5.32. The van der Waals surface area contributed by atoms with E-state index in [1.807, 2.05) is 27.7 Å². The van der Waals surface area contributed by atoms with Gasteiger partial charge in [-0.2, -0.15) is 0 Å². The van der Waals surface area contributed by atoms with E-state index in [4.69, 9.17) is 23.8 Å². The number of oxime groups is 1. The molecule has 1 spiro atoms. The minimum Gasteiger partial charge on any atom is -0.493 e. The number of ether oxygens (including phenoxy) is 4. The highest BCUT2D eigenvalue weighted by Crippen LogP contribution is 2.52. The number of methoxy groups -OCH3 is 1. The Morgan fingerprint density at radius 3 is 2.15 bits per heavy atom. The van der Waals surface area contributed by atoms with Gasteiger partial charge in [0.1, 0.15) is 17.3 Å². The number of piperidine rings is 1. The molecular formula is C30H45N3O6. The Hall–Kier alpha value is -2.52. The summed E-state index contributed by atoms with van der Waals surface area (Å²) in [7, 11) is 1.79. The number of amidine groups is 1. The molecule has 3 fully saturated rings. The van der Waals surface area contributed by atoms with Crippen LogP contribution in [0.5, 0.6) is 11.5 Å². The summed E-state index contributed by atoms with van der Waals surface area (Å²) in [6.07, 6.45) is 5.47. The van der Waals surface area contributed by atoms with Crippen LogP contribution >= 0.6 is 0 Å².